The smallest absolute Gasteiger partial charge is 0.317 e. The molecule has 1 aliphatic heterocycles. The van der Waals surface area contributed by atoms with E-state index < -0.39 is 0 Å². The molecule has 5 heteroatoms. The molecule has 0 spiro atoms. The van der Waals surface area contributed by atoms with Gasteiger partial charge in [0.2, 0.25) is 0 Å². The number of amides is 2. The lowest BCUT2D eigenvalue weighted by Gasteiger charge is -2.55. The first-order chi connectivity index (χ1) is 10.1. The van der Waals surface area contributed by atoms with Gasteiger partial charge in [-0.25, -0.2) is 4.79 Å². The summed E-state index contributed by atoms with van der Waals surface area (Å²) in [6.45, 7) is 6.00. The topological polar surface area (TPSA) is 61.8 Å². The molecule has 2 rings (SSSR count). The van der Waals surface area contributed by atoms with Crippen LogP contribution in [0, 0.1) is 11.3 Å². The van der Waals surface area contributed by atoms with Gasteiger partial charge in [-0.1, -0.05) is 13.8 Å². The Labute approximate surface area is 128 Å². The van der Waals surface area contributed by atoms with E-state index in [1.807, 2.05) is 4.90 Å². The van der Waals surface area contributed by atoms with Gasteiger partial charge < -0.3 is 20.1 Å². The fraction of sp³-hybridized carbons (Fsp3) is 0.938. The van der Waals surface area contributed by atoms with Gasteiger partial charge in [0.1, 0.15) is 0 Å². The lowest BCUT2D eigenvalue weighted by atomic mass is 9.58. The summed E-state index contributed by atoms with van der Waals surface area (Å²) in [6, 6.07) is 0.235. The molecule has 0 aromatic rings. The van der Waals surface area contributed by atoms with Crippen LogP contribution in [0.1, 0.15) is 46.0 Å². The van der Waals surface area contributed by atoms with Gasteiger partial charge >= 0.3 is 6.03 Å². The molecule has 21 heavy (non-hydrogen) atoms. The summed E-state index contributed by atoms with van der Waals surface area (Å²) in [4.78, 5) is 14.3. The lowest BCUT2D eigenvalue weighted by Crippen LogP contribution is -2.65. The van der Waals surface area contributed by atoms with E-state index in [2.05, 4.69) is 19.2 Å². The Morgan fingerprint density at radius 2 is 2.14 bits per heavy atom. The van der Waals surface area contributed by atoms with Crippen molar-refractivity contribution in [2.75, 3.05) is 26.8 Å². The summed E-state index contributed by atoms with van der Waals surface area (Å²) in [5.41, 5.74) is 0.0799. The highest BCUT2D eigenvalue weighted by Crippen LogP contribution is 2.48. The Kier molecular flexibility index (Phi) is 5.49. The Bertz CT molecular complexity index is 357. The second-order valence-electron chi connectivity index (χ2n) is 6.54. The molecule has 0 aromatic carbocycles. The summed E-state index contributed by atoms with van der Waals surface area (Å²) in [6.07, 6.45) is 5.20. The third kappa shape index (κ3) is 3.04. The molecule has 122 valence electrons. The van der Waals surface area contributed by atoms with Crippen LogP contribution in [0.15, 0.2) is 0 Å². The number of piperidine rings is 1. The monoisotopic (exact) mass is 298 g/mol. The predicted molar refractivity (Wildman–Crippen MR) is 82.1 cm³/mol. The maximum absolute atomic E-state index is 12.5. The largest absolute Gasteiger partial charge is 0.396 e. The van der Waals surface area contributed by atoms with Crippen LogP contribution in [0.5, 0.6) is 0 Å². The van der Waals surface area contributed by atoms with Crippen molar-refractivity contribution in [1.82, 2.24) is 10.2 Å². The van der Waals surface area contributed by atoms with Gasteiger partial charge in [0.15, 0.2) is 0 Å². The number of urea groups is 1. The SMILES string of the molecule is CCC1(CC)C(NC(=O)N2CCCC(CO)C2)CC1OC. The minimum absolute atomic E-state index is 0.0268. The fourth-order valence-electron chi connectivity index (χ4n) is 4.12. The van der Waals surface area contributed by atoms with Crippen LogP contribution in [-0.4, -0.2) is 55.0 Å². The number of aliphatic hydroxyl groups is 1. The van der Waals surface area contributed by atoms with Crippen molar-refractivity contribution in [2.24, 2.45) is 11.3 Å². The molecule has 1 saturated carbocycles. The first kappa shape index (κ1) is 16.6. The molecule has 1 saturated heterocycles. The van der Waals surface area contributed by atoms with Crippen LogP contribution in [0.2, 0.25) is 0 Å². The minimum atomic E-state index is 0.0268. The quantitative estimate of drug-likeness (QED) is 0.816. The minimum Gasteiger partial charge on any atom is -0.396 e. The van der Waals surface area contributed by atoms with Crippen LogP contribution >= 0.6 is 0 Å². The molecule has 0 aromatic heterocycles. The van der Waals surface area contributed by atoms with E-state index >= 15 is 0 Å². The third-order valence-corrected chi connectivity index (χ3v) is 5.75. The highest BCUT2D eigenvalue weighted by atomic mass is 16.5. The van der Waals surface area contributed by atoms with Crippen molar-refractivity contribution in [2.45, 2.75) is 58.1 Å². The zero-order valence-electron chi connectivity index (χ0n) is 13.6. The first-order valence-electron chi connectivity index (χ1n) is 8.30. The molecular weight excluding hydrogens is 268 g/mol. The Morgan fingerprint density at radius 3 is 2.71 bits per heavy atom. The molecule has 0 bridgehead atoms. The van der Waals surface area contributed by atoms with Crippen LogP contribution in [0.3, 0.4) is 0 Å². The molecular formula is C16H30N2O3. The van der Waals surface area contributed by atoms with E-state index in [0.29, 0.717) is 6.54 Å². The second-order valence-corrected chi connectivity index (χ2v) is 6.54. The normalized spacial score (nSPS) is 31.6. The summed E-state index contributed by atoms with van der Waals surface area (Å²) in [5, 5.41) is 12.5. The Hall–Kier alpha value is -0.810. The van der Waals surface area contributed by atoms with Crippen molar-refractivity contribution in [3.8, 4) is 0 Å². The summed E-state index contributed by atoms with van der Waals surface area (Å²) in [7, 11) is 1.76. The number of likely N-dealkylation sites (tertiary alicyclic amines) is 1. The van der Waals surface area contributed by atoms with Gasteiger partial charge in [-0.2, -0.15) is 0 Å². The maximum Gasteiger partial charge on any atom is 0.317 e. The number of nitrogens with zero attached hydrogens (tertiary/aromatic N) is 1. The van der Waals surface area contributed by atoms with Crippen molar-refractivity contribution in [1.29, 1.82) is 0 Å². The van der Waals surface area contributed by atoms with Gasteiger partial charge in [-0.05, 0) is 38.0 Å². The lowest BCUT2D eigenvalue weighted by molar-refractivity contribution is -0.120. The van der Waals surface area contributed by atoms with Gasteiger partial charge in [-0.15, -0.1) is 0 Å². The van der Waals surface area contributed by atoms with E-state index in [0.717, 1.165) is 38.6 Å². The number of carbonyl (C=O) groups is 1. The van der Waals surface area contributed by atoms with Crippen molar-refractivity contribution >= 4 is 6.03 Å². The molecule has 2 fully saturated rings. The number of ether oxygens (including phenoxy) is 1. The summed E-state index contributed by atoms with van der Waals surface area (Å²) in [5.74, 6) is 0.236. The van der Waals surface area contributed by atoms with E-state index in [9.17, 15) is 9.90 Å². The molecule has 3 atom stereocenters. The van der Waals surface area contributed by atoms with Gasteiger partial charge in [0.05, 0.1) is 6.10 Å². The Morgan fingerprint density at radius 1 is 1.43 bits per heavy atom. The summed E-state index contributed by atoms with van der Waals surface area (Å²) < 4.78 is 5.58. The second kappa shape index (κ2) is 6.97. The number of hydrogen-bond acceptors (Lipinski definition) is 3. The van der Waals surface area contributed by atoms with E-state index in [1.54, 1.807) is 7.11 Å². The third-order valence-electron chi connectivity index (χ3n) is 5.75. The molecule has 1 heterocycles. The molecule has 5 nitrogen and oxygen atoms in total. The molecule has 0 radical (unpaired) electrons. The predicted octanol–water partition coefficient (Wildman–Crippen LogP) is 1.99. The average molecular weight is 298 g/mol. The first-order valence-corrected chi connectivity index (χ1v) is 8.30. The van der Waals surface area contributed by atoms with Crippen LogP contribution in [0.25, 0.3) is 0 Å². The Balaban J connectivity index is 1.93. The van der Waals surface area contributed by atoms with E-state index in [1.165, 1.54) is 0 Å². The van der Waals surface area contributed by atoms with Crippen LogP contribution in [0.4, 0.5) is 4.79 Å². The highest BCUT2D eigenvalue weighted by Gasteiger charge is 2.53. The number of methoxy groups -OCH3 is 1. The zero-order chi connectivity index (χ0) is 15.5. The number of carbonyl (C=O) groups excluding carboxylic acids is 1. The van der Waals surface area contributed by atoms with Gasteiger partial charge in [0.25, 0.3) is 0 Å². The average Bonchev–Trinajstić information content (AvgIpc) is 2.52. The van der Waals surface area contributed by atoms with Crippen molar-refractivity contribution in [3.05, 3.63) is 0 Å². The highest BCUT2D eigenvalue weighted by molar-refractivity contribution is 5.75. The number of rotatable bonds is 5. The molecule has 2 N–H and O–H groups in total. The standard InChI is InChI=1S/C16H30N2O3/c1-4-16(5-2)13(9-14(16)21-3)17-15(20)18-8-6-7-12(10-18)11-19/h12-14,19H,4-11H2,1-3H3,(H,17,20). The molecule has 1 aliphatic carbocycles. The van der Waals surface area contributed by atoms with Crippen LogP contribution in [-0.2, 0) is 4.74 Å². The maximum atomic E-state index is 12.5. The number of nitrogens with one attached hydrogen (secondary N) is 1. The molecule has 3 unspecified atom stereocenters. The van der Waals surface area contributed by atoms with Gasteiger partial charge in [-0.3, -0.25) is 0 Å². The fourth-order valence-corrected chi connectivity index (χ4v) is 4.12. The van der Waals surface area contributed by atoms with E-state index in [4.69, 9.17) is 4.74 Å². The van der Waals surface area contributed by atoms with Crippen LogP contribution < -0.4 is 5.32 Å². The van der Waals surface area contributed by atoms with Gasteiger partial charge in [0, 0.05) is 38.3 Å². The van der Waals surface area contributed by atoms with Crippen molar-refractivity contribution < 1.29 is 14.6 Å². The number of hydrogen-bond donors (Lipinski definition) is 2. The molecule has 2 aliphatic rings. The zero-order valence-corrected chi connectivity index (χ0v) is 13.6. The van der Waals surface area contributed by atoms with E-state index in [-0.39, 0.29) is 36.1 Å². The summed E-state index contributed by atoms with van der Waals surface area (Å²) >= 11 is 0. The number of aliphatic hydroxyl groups excluding tert-OH is 1. The molecule has 2 amide bonds. The van der Waals surface area contributed by atoms with Crippen molar-refractivity contribution in [3.63, 3.8) is 0 Å².